The number of amides is 5. The van der Waals surface area contributed by atoms with Crippen LogP contribution in [0.25, 0.3) is 0 Å². The fourth-order valence-corrected chi connectivity index (χ4v) is 5.86. The second-order valence-corrected chi connectivity index (χ2v) is 12.3. The molecule has 0 saturated carbocycles. The van der Waals surface area contributed by atoms with Crippen molar-refractivity contribution in [1.29, 1.82) is 0 Å². The van der Waals surface area contributed by atoms with Crippen LogP contribution >= 0.6 is 0 Å². The van der Waals surface area contributed by atoms with Crippen LogP contribution in [0, 0.1) is 5.92 Å². The zero-order chi connectivity index (χ0) is 35.7. The number of hydrogen-bond donors (Lipinski definition) is 8. The Balaban J connectivity index is 1.66. The number of rotatable bonds is 15. The van der Waals surface area contributed by atoms with Crippen LogP contribution in [0.5, 0.6) is 5.75 Å². The number of aromatic hydroxyl groups is 1. The first-order chi connectivity index (χ1) is 22.6. The average molecular weight is 677 g/mol. The molecule has 0 aromatic heterocycles. The maximum absolute atomic E-state index is 13.4. The van der Waals surface area contributed by atoms with Crippen molar-refractivity contribution in [2.24, 2.45) is 11.7 Å². The van der Waals surface area contributed by atoms with Gasteiger partial charge in [-0.1, -0.05) is 26.0 Å². The molecule has 1 aromatic carbocycles. The SMILES string of the molecule is CC(C)[C@H](NC(=O)[C@@H]1CCCN1C(=O)[C@@H](N)Cc1ccc(O)cc1)C(=O)N[C@@H](CO)C(=O)N[C@@H](CC(=O)O)C(=O)N1CCC[C@H]1C(=O)O. The summed E-state index contributed by atoms with van der Waals surface area (Å²) in [6, 6.07) is -1.41. The van der Waals surface area contributed by atoms with Crippen LogP contribution in [-0.4, -0.2) is 128 Å². The summed E-state index contributed by atoms with van der Waals surface area (Å²) in [5, 5.41) is 45.3. The first-order valence-electron chi connectivity index (χ1n) is 15.8. The van der Waals surface area contributed by atoms with Gasteiger partial charge in [0.15, 0.2) is 0 Å². The van der Waals surface area contributed by atoms with E-state index in [1.54, 1.807) is 26.0 Å². The molecule has 0 unspecified atom stereocenters. The summed E-state index contributed by atoms with van der Waals surface area (Å²) >= 11 is 0. The van der Waals surface area contributed by atoms with Crippen LogP contribution in [0.2, 0.25) is 0 Å². The Morgan fingerprint density at radius 3 is 1.94 bits per heavy atom. The number of nitrogens with two attached hydrogens (primary N) is 1. The number of carboxylic acids is 2. The van der Waals surface area contributed by atoms with Gasteiger partial charge in [-0.3, -0.25) is 28.8 Å². The number of phenols is 1. The number of likely N-dealkylation sites (tertiary alicyclic amines) is 2. The van der Waals surface area contributed by atoms with E-state index in [1.165, 1.54) is 17.0 Å². The van der Waals surface area contributed by atoms with Crippen LogP contribution in [-0.2, 0) is 40.0 Å². The Bertz CT molecular complexity index is 1370. The molecule has 2 aliphatic heterocycles. The van der Waals surface area contributed by atoms with Crippen molar-refractivity contribution in [2.75, 3.05) is 19.7 Å². The second-order valence-electron chi connectivity index (χ2n) is 12.3. The number of carboxylic acid groups (broad SMARTS) is 2. The monoisotopic (exact) mass is 676 g/mol. The molecule has 0 aliphatic carbocycles. The van der Waals surface area contributed by atoms with Crippen LogP contribution < -0.4 is 21.7 Å². The van der Waals surface area contributed by atoms with E-state index >= 15 is 0 Å². The molecule has 2 fully saturated rings. The normalized spacial score (nSPS) is 20.0. The van der Waals surface area contributed by atoms with Crippen molar-refractivity contribution in [3.05, 3.63) is 29.8 Å². The maximum atomic E-state index is 13.4. The fraction of sp³-hybridized carbons (Fsp3) is 0.581. The van der Waals surface area contributed by atoms with Crippen LogP contribution in [0.1, 0.15) is 51.5 Å². The highest BCUT2D eigenvalue weighted by atomic mass is 16.4. The summed E-state index contributed by atoms with van der Waals surface area (Å²) < 4.78 is 0. The second kappa shape index (κ2) is 16.9. The van der Waals surface area contributed by atoms with Gasteiger partial charge in [-0.2, -0.15) is 0 Å². The standard InChI is InChI=1S/C31H44N6O11/c1-16(2)25(35-27(43)22-5-3-11-36(22)29(45)19(32)13-17-7-9-18(39)10-8-17)28(44)34-21(15-38)26(42)33-20(14-24(40)41)30(46)37-12-4-6-23(37)31(47)48/h7-10,16,19-23,25,38-39H,3-6,11-15,32H2,1-2H3,(H,33,42)(H,34,44)(H,35,43)(H,40,41)(H,47,48)/t19-,20-,21-,22-,23-,25-/m0/s1. The highest BCUT2D eigenvalue weighted by Gasteiger charge is 2.41. The number of carbonyl (C=O) groups excluding carboxylic acids is 5. The average Bonchev–Trinajstić information content (AvgIpc) is 3.72. The third-order valence-electron chi connectivity index (χ3n) is 8.42. The van der Waals surface area contributed by atoms with Crippen LogP contribution in [0.3, 0.4) is 0 Å². The Morgan fingerprint density at radius 2 is 1.40 bits per heavy atom. The highest BCUT2D eigenvalue weighted by molar-refractivity contribution is 5.97. The predicted molar refractivity (Wildman–Crippen MR) is 167 cm³/mol. The van der Waals surface area contributed by atoms with Gasteiger partial charge in [-0.25, -0.2) is 4.79 Å². The third-order valence-corrected chi connectivity index (χ3v) is 8.42. The fourth-order valence-electron chi connectivity index (χ4n) is 5.86. The van der Waals surface area contributed by atoms with Gasteiger partial charge in [0.2, 0.25) is 29.5 Å². The largest absolute Gasteiger partial charge is 0.508 e. The van der Waals surface area contributed by atoms with Gasteiger partial charge in [-0.05, 0) is 55.7 Å². The van der Waals surface area contributed by atoms with Gasteiger partial charge < -0.3 is 51.9 Å². The van der Waals surface area contributed by atoms with Crippen LogP contribution in [0.15, 0.2) is 24.3 Å². The van der Waals surface area contributed by atoms with E-state index in [0.29, 0.717) is 24.8 Å². The molecule has 2 aliphatic rings. The summed E-state index contributed by atoms with van der Waals surface area (Å²) in [6.45, 7) is 2.62. The molecule has 48 heavy (non-hydrogen) atoms. The van der Waals surface area contributed by atoms with E-state index in [-0.39, 0.29) is 31.7 Å². The van der Waals surface area contributed by atoms with Gasteiger partial charge in [0.1, 0.15) is 36.0 Å². The Kier molecular flexibility index (Phi) is 13.2. The third kappa shape index (κ3) is 9.63. The number of hydrogen-bond acceptors (Lipinski definition) is 10. The number of aliphatic hydroxyl groups excluding tert-OH is 1. The molecule has 3 rings (SSSR count). The van der Waals surface area contributed by atoms with E-state index in [4.69, 9.17) is 5.73 Å². The minimum Gasteiger partial charge on any atom is -0.508 e. The predicted octanol–water partition coefficient (Wildman–Crippen LogP) is -2.09. The first-order valence-corrected chi connectivity index (χ1v) is 15.8. The minimum atomic E-state index is -1.67. The molecule has 0 radical (unpaired) electrons. The number of benzene rings is 1. The summed E-state index contributed by atoms with van der Waals surface area (Å²) in [5.41, 5.74) is 6.88. The van der Waals surface area contributed by atoms with Crippen molar-refractivity contribution in [3.8, 4) is 5.75 Å². The number of aliphatic carboxylic acids is 2. The Morgan fingerprint density at radius 1 is 0.833 bits per heavy atom. The summed E-state index contributed by atoms with van der Waals surface area (Å²) in [4.78, 5) is 91.4. The Labute approximate surface area is 276 Å². The number of phenolic OH excluding ortho intramolecular Hbond substituents is 1. The lowest BCUT2D eigenvalue weighted by Crippen LogP contribution is -2.61. The van der Waals surface area contributed by atoms with Crippen molar-refractivity contribution < 1.29 is 54.0 Å². The number of nitrogens with zero attached hydrogens (tertiary/aromatic N) is 2. The van der Waals surface area contributed by atoms with Crippen molar-refractivity contribution in [1.82, 2.24) is 25.8 Å². The smallest absolute Gasteiger partial charge is 0.326 e. The molecule has 264 valence electrons. The Hall–Kier alpha value is -4.77. The van der Waals surface area contributed by atoms with Gasteiger partial charge in [0, 0.05) is 13.1 Å². The lowest BCUT2D eigenvalue weighted by Gasteiger charge is -2.30. The van der Waals surface area contributed by atoms with E-state index in [1.807, 2.05) is 0 Å². The topological polar surface area (TPSA) is 269 Å². The van der Waals surface area contributed by atoms with Crippen LogP contribution in [0.4, 0.5) is 0 Å². The molecule has 2 saturated heterocycles. The van der Waals surface area contributed by atoms with E-state index in [9.17, 15) is 54.0 Å². The lowest BCUT2D eigenvalue weighted by atomic mass is 10.0. The summed E-state index contributed by atoms with van der Waals surface area (Å²) in [7, 11) is 0. The molecule has 6 atom stereocenters. The van der Waals surface area contributed by atoms with Crippen molar-refractivity contribution in [3.63, 3.8) is 0 Å². The number of carbonyl (C=O) groups is 7. The van der Waals surface area contributed by atoms with Crippen molar-refractivity contribution in [2.45, 2.75) is 88.6 Å². The molecule has 17 heteroatoms. The molecule has 17 nitrogen and oxygen atoms in total. The quantitative estimate of drug-likeness (QED) is 0.0993. The van der Waals surface area contributed by atoms with Crippen molar-refractivity contribution >= 4 is 41.5 Å². The maximum Gasteiger partial charge on any atom is 0.326 e. The first kappa shape index (κ1) is 37.7. The van der Waals surface area contributed by atoms with Gasteiger partial charge in [0.25, 0.3) is 0 Å². The molecular formula is C31H44N6O11. The minimum absolute atomic E-state index is 0.0477. The van der Waals surface area contributed by atoms with Gasteiger partial charge in [-0.15, -0.1) is 0 Å². The van der Waals surface area contributed by atoms with E-state index in [0.717, 1.165) is 4.90 Å². The number of aliphatic hydroxyl groups is 1. The summed E-state index contributed by atoms with van der Waals surface area (Å²) in [5.74, 6) is -7.15. The molecular weight excluding hydrogens is 632 g/mol. The molecule has 5 amide bonds. The molecule has 2 heterocycles. The molecule has 0 bridgehead atoms. The summed E-state index contributed by atoms with van der Waals surface area (Å²) in [6.07, 6.45) is 0.652. The van der Waals surface area contributed by atoms with Gasteiger partial charge >= 0.3 is 11.9 Å². The highest BCUT2D eigenvalue weighted by Crippen LogP contribution is 2.21. The van der Waals surface area contributed by atoms with Gasteiger partial charge in [0.05, 0.1) is 19.1 Å². The molecule has 0 spiro atoms. The number of nitrogens with one attached hydrogen (secondary N) is 3. The molecule has 9 N–H and O–H groups in total. The van der Waals surface area contributed by atoms with E-state index < -0.39 is 96.7 Å². The lowest BCUT2D eigenvalue weighted by molar-refractivity contribution is -0.150. The zero-order valence-corrected chi connectivity index (χ0v) is 26.8. The zero-order valence-electron chi connectivity index (χ0n) is 26.8. The molecule has 1 aromatic rings. The van der Waals surface area contributed by atoms with E-state index in [2.05, 4.69) is 16.0 Å².